The molecule has 0 saturated heterocycles. The van der Waals surface area contributed by atoms with Gasteiger partial charge in [-0.3, -0.25) is 4.79 Å². The molecule has 0 aliphatic heterocycles. The molecule has 4 nitrogen and oxygen atoms in total. The average Bonchev–Trinajstić information content (AvgIpc) is 2.81. The number of benzene rings is 1. The molecule has 0 bridgehead atoms. The highest BCUT2D eigenvalue weighted by Gasteiger charge is 2.06. The lowest BCUT2D eigenvalue weighted by atomic mass is 10.1. The first-order chi connectivity index (χ1) is 9.15. The van der Waals surface area contributed by atoms with Crippen LogP contribution in [-0.2, 0) is 11.3 Å². The maximum atomic E-state index is 11.7. The molecular weight excluding hydrogens is 278 g/mol. The number of hydrogen-bond acceptors (Lipinski definition) is 5. The largest absolute Gasteiger partial charge is 0.351 e. The molecule has 0 aliphatic carbocycles. The Labute approximate surface area is 120 Å². The summed E-state index contributed by atoms with van der Waals surface area (Å²) in [6.45, 7) is 4.52. The molecule has 0 fully saturated rings. The van der Waals surface area contributed by atoms with Crippen molar-refractivity contribution in [1.82, 2.24) is 15.5 Å². The van der Waals surface area contributed by atoms with Crippen molar-refractivity contribution in [2.75, 3.05) is 5.75 Å². The Morgan fingerprint density at radius 3 is 2.79 bits per heavy atom. The summed E-state index contributed by atoms with van der Waals surface area (Å²) in [6, 6.07) is 8.04. The zero-order valence-corrected chi connectivity index (χ0v) is 12.5. The zero-order valence-electron chi connectivity index (χ0n) is 10.8. The molecule has 0 radical (unpaired) electrons. The average molecular weight is 293 g/mol. The summed E-state index contributed by atoms with van der Waals surface area (Å²) in [4.78, 5) is 11.7. The van der Waals surface area contributed by atoms with Gasteiger partial charge in [0.25, 0.3) is 0 Å². The molecule has 1 aromatic carbocycles. The molecule has 2 rings (SSSR count). The number of nitrogens with one attached hydrogen (secondary N) is 1. The maximum absolute atomic E-state index is 11.7. The first-order valence-electron chi connectivity index (χ1n) is 5.89. The van der Waals surface area contributed by atoms with E-state index in [-0.39, 0.29) is 5.91 Å². The normalized spacial score (nSPS) is 10.4. The first-order valence-corrected chi connectivity index (χ1v) is 7.69. The van der Waals surface area contributed by atoms with Crippen LogP contribution in [-0.4, -0.2) is 21.9 Å². The second kappa shape index (κ2) is 6.68. The van der Waals surface area contributed by atoms with Crippen molar-refractivity contribution in [3.05, 3.63) is 40.4 Å². The van der Waals surface area contributed by atoms with Gasteiger partial charge < -0.3 is 5.32 Å². The van der Waals surface area contributed by atoms with Crippen LogP contribution in [0.1, 0.15) is 16.1 Å². The van der Waals surface area contributed by atoms with E-state index >= 15 is 0 Å². The van der Waals surface area contributed by atoms with Gasteiger partial charge in [-0.15, -0.1) is 10.2 Å². The summed E-state index contributed by atoms with van der Waals surface area (Å²) in [5, 5.41) is 11.7. The number of nitrogens with zero attached hydrogens (tertiary/aromatic N) is 2. The predicted octanol–water partition coefficient (Wildman–Crippen LogP) is 2.56. The van der Waals surface area contributed by atoms with Crippen LogP contribution >= 0.6 is 23.1 Å². The van der Waals surface area contributed by atoms with Crippen LogP contribution in [0.15, 0.2) is 28.6 Å². The second-order valence-electron chi connectivity index (χ2n) is 4.08. The van der Waals surface area contributed by atoms with Gasteiger partial charge in [-0.2, -0.15) is 0 Å². The zero-order chi connectivity index (χ0) is 13.7. The molecule has 0 saturated carbocycles. The van der Waals surface area contributed by atoms with Crippen LogP contribution in [0.5, 0.6) is 0 Å². The molecule has 6 heteroatoms. The minimum Gasteiger partial charge on any atom is -0.351 e. The number of rotatable bonds is 5. The summed E-state index contributed by atoms with van der Waals surface area (Å²) < 4.78 is 0.837. The number of amides is 1. The minimum absolute atomic E-state index is 0.0149. The summed E-state index contributed by atoms with van der Waals surface area (Å²) in [5.74, 6) is 0.390. The molecule has 0 aliphatic rings. The van der Waals surface area contributed by atoms with Crippen molar-refractivity contribution < 1.29 is 4.79 Å². The molecule has 0 atom stereocenters. The van der Waals surface area contributed by atoms with Crippen LogP contribution in [0, 0.1) is 13.8 Å². The highest BCUT2D eigenvalue weighted by atomic mass is 32.2. The third-order valence-corrected chi connectivity index (χ3v) is 4.54. The Morgan fingerprint density at radius 2 is 2.11 bits per heavy atom. The van der Waals surface area contributed by atoms with Crippen molar-refractivity contribution in [3.8, 4) is 0 Å². The lowest BCUT2D eigenvalue weighted by Crippen LogP contribution is -2.24. The summed E-state index contributed by atoms with van der Waals surface area (Å²) in [5.41, 5.74) is 2.34. The summed E-state index contributed by atoms with van der Waals surface area (Å²) >= 11 is 2.93. The lowest BCUT2D eigenvalue weighted by Gasteiger charge is -2.07. The molecule has 19 heavy (non-hydrogen) atoms. The van der Waals surface area contributed by atoms with Crippen LogP contribution in [0.3, 0.4) is 0 Å². The monoisotopic (exact) mass is 293 g/mol. The summed E-state index contributed by atoms with van der Waals surface area (Å²) in [7, 11) is 0. The number of hydrogen-bond donors (Lipinski definition) is 1. The van der Waals surface area contributed by atoms with Gasteiger partial charge in [0.15, 0.2) is 4.34 Å². The lowest BCUT2D eigenvalue weighted by molar-refractivity contribution is -0.118. The Bertz CT molecular complexity index is 569. The van der Waals surface area contributed by atoms with Crippen molar-refractivity contribution >= 4 is 29.0 Å². The molecule has 0 spiro atoms. The van der Waals surface area contributed by atoms with Crippen molar-refractivity contribution in [3.63, 3.8) is 0 Å². The molecular formula is C13H15N3OS2. The Morgan fingerprint density at radius 1 is 1.32 bits per heavy atom. The van der Waals surface area contributed by atoms with Gasteiger partial charge >= 0.3 is 0 Å². The number of aryl methyl sites for hydroxylation is 2. The summed E-state index contributed by atoms with van der Waals surface area (Å²) in [6.07, 6.45) is 0. The number of thioether (sulfide) groups is 1. The standard InChI is InChI=1S/C13H15N3OS2/c1-9-5-3-4-6-11(9)7-14-12(17)8-18-13-16-15-10(2)19-13/h3-6H,7-8H2,1-2H3,(H,14,17). The third-order valence-electron chi connectivity index (χ3n) is 2.57. The van der Waals surface area contributed by atoms with E-state index in [1.165, 1.54) is 28.7 Å². The van der Waals surface area contributed by atoms with E-state index in [2.05, 4.69) is 15.5 Å². The van der Waals surface area contributed by atoms with Crippen molar-refractivity contribution in [2.45, 2.75) is 24.7 Å². The van der Waals surface area contributed by atoms with Crippen LogP contribution in [0.2, 0.25) is 0 Å². The number of aromatic nitrogens is 2. The fourth-order valence-corrected chi connectivity index (χ4v) is 3.16. The Kier molecular flexibility index (Phi) is 4.93. The van der Waals surface area contributed by atoms with Gasteiger partial charge in [0, 0.05) is 6.54 Å². The number of carbonyl (C=O) groups excluding carboxylic acids is 1. The van der Waals surface area contributed by atoms with Gasteiger partial charge in [0.1, 0.15) is 5.01 Å². The quantitative estimate of drug-likeness (QED) is 0.861. The van der Waals surface area contributed by atoms with Crippen molar-refractivity contribution in [2.24, 2.45) is 0 Å². The minimum atomic E-state index is 0.0149. The van der Waals surface area contributed by atoms with E-state index in [0.29, 0.717) is 12.3 Å². The third kappa shape index (κ3) is 4.33. The SMILES string of the molecule is Cc1nnc(SCC(=O)NCc2ccccc2C)s1. The van der Waals surface area contributed by atoms with Crippen LogP contribution in [0.25, 0.3) is 0 Å². The van der Waals surface area contributed by atoms with Gasteiger partial charge in [0.2, 0.25) is 5.91 Å². The van der Waals surface area contributed by atoms with E-state index in [1.807, 2.05) is 38.1 Å². The highest BCUT2D eigenvalue weighted by molar-refractivity contribution is 8.01. The molecule has 1 N–H and O–H groups in total. The van der Waals surface area contributed by atoms with Gasteiger partial charge in [-0.25, -0.2) is 0 Å². The smallest absolute Gasteiger partial charge is 0.230 e. The molecule has 1 amide bonds. The highest BCUT2D eigenvalue weighted by Crippen LogP contribution is 2.21. The van der Waals surface area contributed by atoms with E-state index in [0.717, 1.165) is 14.9 Å². The first kappa shape index (κ1) is 14.0. The van der Waals surface area contributed by atoms with E-state index in [9.17, 15) is 4.79 Å². The maximum Gasteiger partial charge on any atom is 0.230 e. The van der Waals surface area contributed by atoms with Gasteiger partial charge in [-0.1, -0.05) is 47.4 Å². The van der Waals surface area contributed by atoms with Crippen molar-refractivity contribution in [1.29, 1.82) is 0 Å². The topological polar surface area (TPSA) is 54.9 Å². The fourth-order valence-electron chi connectivity index (χ4n) is 1.52. The number of carbonyl (C=O) groups is 1. The van der Waals surface area contributed by atoms with E-state index < -0.39 is 0 Å². The van der Waals surface area contributed by atoms with Gasteiger partial charge in [0.05, 0.1) is 5.75 Å². The molecule has 1 heterocycles. The Hall–Kier alpha value is -1.40. The van der Waals surface area contributed by atoms with Crippen LogP contribution in [0.4, 0.5) is 0 Å². The molecule has 2 aromatic rings. The van der Waals surface area contributed by atoms with Crippen LogP contribution < -0.4 is 5.32 Å². The second-order valence-corrected chi connectivity index (χ2v) is 6.48. The predicted molar refractivity (Wildman–Crippen MR) is 78.4 cm³/mol. The van der Waals surface area contributed by atoms with E-state index in [4.69, 9.17) is 0 Å². The molecule has 100 valence electrons. The molecule has 0 unspecified atom stereocenters. The van der Waals surface area contributed by atoms with E-state index in [1.54, 1.807) is 0 Å². The van der Waals surface area contributed by atoms with Gasteiger partial charge in [-0.05, 0) is 25.0 Å². The fraction of sp³-hybridized carbons (Fsp3) is 0.308. The molecule has 1 aromatic heterocycles. The Balaban J connectivity index is 1.77.